The number of hydrogen-bond donors (Lipinski definition) is 1. The maximum atomic E-state index is 12.6. The van der Waals surface area contributed by atoms with E-state index in [1.807, 2.05) is 31.2 Å². The molecule has 0 aliphatic carbocycles. The van der Waals surface area contributed by atoms with Gasteiger partial charge in [-0.1, -0.05) is 30.3 Å². The number of carbonyl (C=O) groups excluding carboxylic acids is 2. The highest BCUT2D eigenvalue weighted by atomic mass is 32.2. The topological polar surface area (TPSA) is 79.2 Å². The second-order valence-electron chi connectivity index (χ2n) is 5.51. The lowest BCUT2D eigenvalue weighted by Gasteiger charge is -2.31. The van der Waals surface area contributed by atoms with Crippen LogP contribution in [0.1, 0.15) is 24.0 Å². The lowest BCUT2D eigenvalue weighted by molar-refractivity contribution is -0.152. The van der Waals surface area contributed by atoms with E-state index >= 15 is 0 Å². The van der Waals surface area contributed by atoms with E-state index in [2.05, 4.69) is 18.0 Å². The number of allylic oxidation sites excluding steroid dienone is 1. The van der Waals surface area contributed by atoms with Crippen molar-refractivity contribution < 1.29 is 14.3 Å². The summed E-state index contributed by atoms with van der Waals surface area (Å²) in [5, 5.41) is 12.9. The van der Waals surface area contributed by atoms with Crippen molar-refractivity contribution >= 4 is 23.6 Å². The minimum absolute atomic E-state index is 0.173. The summed E-state index contributed by atoms with van der Waals surface area (Å²) in [7, 11) is 0. The number of rotatable bonds is 6. The molecule has 0 saturated carbocycles. The zero-order valence-corrected chi connectivity index (χ0v) is 15.1. The molecule has 1 aromatic rings. The Bertz CT molecular complexity index is 764. The highest BCUT2D eigenvalue weighted by Crippen LogP contribution is 2.41. The lowest BCUT2D eigenvalue weighted by atomic mass is 9.77. The Morgan fingerprint density at radius 2 is 2.20 bits per heavy atom. The van der Waals surface area contributed by atoms with Crippen molar-refractivity contribution in [2.75, 3.05) is 12.4 Å². The van der Waals surface area contributed by atoms with Gasteiger partial charge in [0.2, 0.25) is 5.91 Å². The molecular formula is C19H20N2O3S. The van der Waals surface area contributed by atoms with Crippen LogP contribution in [0.15, 0.2) is 47.5 Å². The average Bonchev–Trinajstić information content (AvgIpc) is 2.59. The molecule has 5 nitrogen and oxygen atoms in total. The van der Waals surface area contributed by atoms with Gasteiger partial charge in [-0.2, -0.15) is 5.26 Å². The van der Waals surface area contributed by atoms with Gasteiger partial charge in [0.1, 0.15) is 5.92 Å². The molecule has 2 atom stereocenters. The van der Waals surface area contributed by atoms with E-state index in [0.29, 0.717) is 16.4 Å². The molecule has 0 aromatic heterocycles. The predicted molar refractivity (Wildman–Crippen MR) is 97.5 cm³/mol. The van der Waals surface area contributed by atoms with E-state index in [0.717, 1.165) is 11.1 Å². The third kappa shape index (κ3) is 3.94. The summed E-state index contributed by atoms with van der Waals surface area (Å²) in [5.41, 5.74) is 2.07. The number of esters is 1. The summed E-state index contributed by atoms with van der Waals surface area (Å²) in [6.07, 6.45) is 1.69. The number of aryl methyl sites for hydroxylation is 1. The van der Waals surface area contributed by atoms with Crippen molar-refractivity contribution in [3.8, 4) is 6.07 Å². The van der Waals surface area contributed by atoms with Gasteiger partial charge < -0.3 is 10.1 Å². The summed E-state index contributed by atoms with van der Waals surface area (Å²) in [5.74, 6) is -2.26. The minimum Gasteiger partial charge on any atom is -0.465 e. The van der Waals surface area contributed by atoms with Gasteiger partial charge in [-0.15, -0.1) is 18.3 Å². The maximum Gasteiger partial charge on any atom is 0.319 e. The molecule has 1 N–H and O–H groups in total. The lowest BCUT2D eigenvalue weighted by Crippen LogP contribution is -2.44. The van der Waals surface area contributed by atoms with E-state index in [1.165, 1.54) is 11.8 Å². The van der Waals surface area contributed by atoms with Gasteiger partial charge in [0.15, 0.2) is 0 Å². The standard InChI is InChI=1S/C19H20N2O3S/c1-4-10-25-18-14(11-20)15(13-9-7-6-8-12(13)3)16(17(22)21-18)19(23)24-5-2/h4,6-9,15-16H,1,5,10H2,2-3H3,(H,21,22)/t15-,16+/m1/s1. The number of nitriles is 1. The molecule has 1 aliphatic heterocycles. The molecule has 1 amide bonds. The Labute approximate surface area is 151 Å². The highest BCUT2D eigenvalue weighted by molar-refractivity contribution is 8.03. The molecule has 1 heterocycles. The third-order valence-corrected chi connectivity index (χ3v) is 4.95. The molecule has 130 valence electrons. The smallest absolute Gasteiger partial charge is 0.319 e. The van der Waals surface area contributed by atoms with E-state index in [4.69, 9.17) is 4.74 Å². The van der Waals surface area contributed by atoms with Crippen molar-refractivity contribution in [1.29, 1.82) is 5.26 Å². The van der Waals surface area contributed by atoms with Crippen LogP contribution in [0.5, 0.6) is 0 Å². The van der Waals surface area contributed by atoms with Crippen molar-refractivity contribution in [3.63, 3.8) is 0 Å². The van der Waals surface area contributed by atoms with Gasteiger partial charge in [0.05, 0.1) is 23.3 Å². The highest BCUT2D eigenvalue weighted by Gasteiger charge is 2.44. The predicted octanol–water partition coefficient (Wildman–Crippen LogP) is 3.04. The van der Waals surface area contributed by atoms with E-state index in [-0.39, 0.29) is 6.61 Å². The van der Waals surface area contributed by atoms with Crippen molar-refractivity contribution in [2.45, 2.75) is 19.8 Å². The molecule has 0 bridgehead atoms. The van der Waals surface area contributed by atoms with Gasteiger partial charge in [-0.05, 0) is 25.0 Å². The van der Waals surface area contributed by atoms with Crippen LogP contribution in [0.25, 0.3) is 0 Å². The Balaban J connectivity index is 2.62. The summed E-state index contributed by atoms with van der Waals surface area (Å²) >= 11 is 1.32. The molecule has 2 rings (SSSR count). The normalized spacial score (nSPS) is 19.8. The fourth-order valence-corrected chi connectivity index (χ4v) is 3.62. The van der Waals surface area contributed by atoms with E-state index in [9.17, 15) is 14.9 Å². The molecule has 25 heavy (non-hydrogen) atoms. The molecule has 0 unspecified atom stereocenters. The van der Waals surface area contributed by atoms with Gasteiger partial charge in [-0.3, -0.25) is 9.59 Å². The summed E-state index contributed by atoms with van der Waals surface area (Å²) in [4.78, 5) is 25.1. The first-order valence-corrected chi connectivity index (χ1v) is 8.94. The van der Waals surface area contributed by atoms with Gasteiger partial charge >= 0.3 is 5.97 Å². The monoisotopic (exact) mass is 356 g/mol. The molecule has 0 radical (unpaired) electrons. The Morgan fingerprint density at radius 3 is 2.80 bits per heavy atom. The summed E-state index contributed by atoms with van der Waals surface area (Å²) in [6.45, 7) is 7.42. The molecule has 0 fully saturated rings. The number of ether oxygens (including phenoxy) is 1. The summed E-state index contributed by atoms with van der Waals surface area (Å²) in [6, 6.07) is 9.65. The van der Waals surface area contributed by atoms with Crippen LogP contribution in [0.4, 0.5) is 0 Å². The van der Waals surface area contributed by atoms with Crippen molar-refractivity contribution in [2.24, 2.45) is 5.92 Å². The minimum atomic E-state index is -1.08. The molecular weight excluding hydrogens is 336 g/mol. The number of thioether (sulfide) groups is 1. The molecule has 1 aliphatic rings. The average molecular weight is 356 g/mol. The third-order valence-electron chi connectivity index (χ3n) is 3.94. The summed E-state index contributed by atoms with van der Waals surface area (Å²) < 4.78 is 5.10. The number of nitrogens with one attached hydrogen (secondary N) is 1. The molecule has 0 saturated heterocycles. The second kappa shape index (κ2) is 8.54. The maximum absolute atomic E-state index is 12.6. The number of nitrogens with zero attached hydrogens (tertiary/aromatic N) is 1. The Hall–Kier alpha value is -2.52. The number of benzene rings is 1. The second-order valence-corrected chi connectivity index (χ2v) is 6.54. The fraction of sp³-hybridized carbons (Fsp3) is 0.316. The van der Waals surface area contributed by atoms with E-state index < -0.39 is 23.7 Å². The first-order chi connectivity index (χ1) is 12.0. The zero-order chi connectivity index (χ0) is 18.4. The van der Waals surface area contributed by atoms with Gasteiger partial charge in [-0.25, -0.2) is 0 Å². The van der Waals surface area contributed by atoms with Crippen molar-refractivity contribution in [3.05, 3.63) is 58.6 Å². The van der Waals surface area contributed by atoms with Crippen LogP contribution in [-0.2, 0) is 14.3 Å². The van der Waals surface area contributed by atoms with E-state index in [1.54, 1.807) is 13.0 Å². The van der Waals surface area contributed by atoms with Crippen molar-refractivity contribution in [1.82, 2.24) is 5.32 Å². The Morgan fingerprint density at radius 1 is 1.48 bits per heavy atom. The van der Waals surface area contributed by atoms with Crippen LogP contribution in [0.2, 0.25) is 0 Å². The van der Waals surface area contributed by atoms with Crippen LogP contribution in [0, 0.1) is 24.2 Å². The van der Waals surface area contributed by atoms with Gasteiger partial charge in [0.25, 0.3) is 0 Å². The SMILES string of the molecule is C=CCSC1=C(C#N)[C@@H](c2ccccc2C)[C@H](C(=O)OCC)C(=O)N1. The van der Waals surface area contributed by atoms with Gasteiger partial charge in [0, 0.05) is 11.7 Å². The van der Waals surface area contributed by atoms with Crippen LogP contribution in [0.3, 0.4) is 0 Å². The Kier molecular flexibility index (Phi) is 6.43. The number of amides is 1. The fourth-order valence-electron chi connectivity index (χ4n) is 2.84. The number of carbonyl (C=O) groups is 2. The van der Waals surface area contributed by atoms with Crippen LogP contribution in [-0.4, -0.2) is 24.2 Å². The first-order valence-electron chi connectivity index (χ1n) is 7.96. The molecule has 1 aromatic carbocycles. The molecule has 6 heteroatoms. The zero-order valence-electron chi connectivity index (χ0n) is 14.2. The van der Waals surface area contributed by atoms with Crippen LogP contribution < -0.4 is 5.32 Å². The quantitative estimate of drug-likeness (QED) is 0.481. The molecule has 0 spiro atoms. The first kappa shape index (κ1) is 18.8. The van der Waals surface area contributed by atoms with Crippen LogP contribution >= 0.6 is 11.8 Å². The largest absolute Gasteiger partial charge is 0.465 e. The number of hydrogen-bond acceptors (Lipinski definition) is 5.